The van der Waals surface area contributed by atoms with Crippen molar-refractivity contribution < 1.29 is 9.59 Å². The Hall–Kier alpha value is -1.84. The van der Waals surface area contributed by atoms with E-state index in [1.165, 1.54) is 5.56 Å². The van der Waals surface area contributed by atoms with E-state index in [1.54, 1.807) is 4.90 Å². The highest BCUT2D eigenvalue weighted by molar-refractivity contribution is 5.94. The van der Waals surface area contributed by atoms with Gasteiger partial charge in [0.1, 0.15) is 6.04 Å². The largest absolute Gasteiger partial charge is 0.343 e. The number of carbonyl (C=O) groups excluding carboxylic acids is 2. The summed E-state index contributed by atoms with van der Waals surface area (Å²) in [5.41, 5.74) is 2.24. The molecule has 0 spiro atoms. The Morgan fingerprint density at radius 2 is 1.94 bits per heavy atom. The van der Waals surface area contributed by atoms with Gasteiger partial charge in [0.15, 0.2) is 0 Å². The molecule has 1 heterocycles. The second-order valence-electron chi connectivity index (χ2n) is 4.71. The van der Waals surface area contributed by atoms with Crippen LogP contribution in [0.2, 0.25) is 0 Å². The van der Waals surface area contributed by atoms with Crippen molar-refractivity contribution in [2.75, 3.05) is 6.54 Å². The van der Waals surface area contributed by atoms with Crippen LogP contribution in [0.15, 0.2) is 24.3 Å². The van der Waals surface area contributed by atoms with Gasteiger partial charge in [-0.15, -0.1) is 0 Å². The molecule has 0 aromatic heterocycles. The molecular weight excluding hydrogens is 228 g/mol. The van der Waals surface area contributed by atoms with Crippen molar-refractivity contribution in [2.45, 2.75) is 32.9 Å². The molecule has 1 N–H and O–H groups in total. The highest BCUT2D eigenvalue weighted by atomic mass is 16.2. The number of piperazine rings is 1. The fourth-order valence-corrected chi connectivity index (χ4v) is 2.10. The lowest BCUT2D eigenvalue weighted by atomic mass is 10.1. The van der Waals surface area contributed by atoms with Gasteiger partial charge in [-0.2, -0.15) is 0 Å². The average molecular weight is 246 g/mol. The molecule has 0 saturated carbocycles. The van der Waals surface area contributed by atoms with E-state index in [4.69, 9.17) is 0 Å². The van der Waals surface area contributed by atoms with E-state index >= 15 is 0 Å². The number of rotatable bonds is 3. The summed E-state index contributed by atoms with van der Waals surface area (Å²) in [6.07, 6.45) is 0.634. The minimum Gasteiger partial charge on any atom is -0.343 e. The molecule has 1 aliphatic heterocycles. The maximum absolute atomic E-state index is 12.1. The Balaban J connectivity index is 2.09. The first-order chi connectivity index (χ1) is 8.60. The van der Waals surface area contributed by atoms with Crippen LogP contribution in [0.4, 0.5) is 0 Å². The van der Waals surface area contributed by atoms with E-state index in [1.807, 2.05) is 38.1 Å². The number of carbonyl (C=O) groups is 2. The molecule has 18 heavy (non-hydrogen) atoms. The number of nitrogens with one attached hydrogen (secondary N) is 1. The van der Waals surface area contributed by atoms with Crippen LogP contribution in [0.3, 0.4) is 0 Å². The fourth-order valence-electron chi connectivity index (χ4n) is 2.10. The van der Waals surface area contributed by atoms with Crippen LogP contribution in [0, 0.1) is 6.92 Å². The van der Waals surface area contributed by atoms with E-state index in [9.17, 15) is 9.59 Å². The number of amides is 2. The molecule has 1 aromatic rings. The molecule has 1 saturated heterocycles. The van der Waals surface area contributed by atoms with Gasteiger partial charge in [-0.1, -0.05) is 36.8 Å². The van der Waals surface area contributed by atoms with Gasteiger partial charge >= 0.3 is 0 Å². The molecule has 1 fully saturated rings. The molecule has 0 aliphatic carbocycles. The van der Waals surface area contributed by atoms with E-state index in [2.05, 4.69) is 5.32 Å². The smallest absolute Gasteiger partial charge is 0.245 e. The molecule has 0 radical (unpaired) electrons. The zero-order chi connectivity index (χ0) is 13.1. The van der Waals surface area contributed by atoms with Crippen LogP contribution in [0.5, 0.6) is 0 Å². The van der Waals surface area contributed by atoms with Gasteiger partial charge in [0.25, 0.3) is 0 Å². The molecule has 4 nitrogen and oxygen atoms in total. The summed E-state index contributed by atoms with van der Waals surface area (Å²) in [7, 11) is 0. The average Bonchev–Trinajstić information content (AvgIpc) is 2.36. The van der Waals surface area contributed by atoms with Gasteiger partial charge in [0.05, 0.1) is 6.54 Å². The quantitative estimate of drug-likeness (QED) is 0.872. The van der Waals surface area contributed by atoms with Crippen molar-refractivity contribution in [3.63, 3.8) is 0 Å². The molecule has 0 bridgehead atoms. The third-order valence-electron chi connectivity index (χ3n) is 3.18. The topological polar surface area (TPSA) is 49.4 Å². The summed E-state index contributed by atoms with van der Waals surface area (Å²) in [6, 6.07) is 7.66. The molecule has 1 aliphatic rings. The lowest BCUT2D eigenvalue weighted by Gasteiger charge is -2.32. The van der Waals surface area contributed by atoms with E-state index in [0.717, 1.165) is 5.56 Å². The van der Waals surface area contributed by atoms with Gasteiger partial charge in [-0.05, 0) is 18.9 Å². The summed E-state index contributed by atoms with van der Waals surface area (Å²) >= 11 is 0. The first kappa shape index (κ1) is 12.6. The molecule has 2 amide bonds. The predicted molar refractivity (Wildman–Crippen MR) is 68.8 cm³/mol. The van der Waals surface area contributed by atoms with Crippen LogP contribution in [0.1, 0.15) is 24.5 Å². The second-order valence-corrected chi connectivity index (χ2v) is 4.71. The molecular formula is C14H18N2O2. The van der Waals surface area contributed by atoms with Crippen molar-refractivity contribution in [2.24, 2.45) is 0 Å². The Morgan fingerprint density at radius 1 is 1.28 bits per heavy atom. The third-order valence-corrected chi connectivity index (χ3v) is 3.18. The number of aryl methyl sites for hydroxylation is 1. The lowest BCUT2D eigenvalue weighted by molar-refractivity contribution is -0.144. The van der Waals surface area contributed by atoms with Crippen LogP contribution in [-0.4, -0.2) is 29.3 Å². The summed E-state index contributed by atoms with van der Waals surface area (Å²) < 4.78 is 0. The van der Waals surface area contributed by atoms with Crippen molar-refractivity contribution in [3.05, 3.63) is 35.4 Å². The van der Waals surface area contributed by atoms with Crippen LogP contribution in [-0.2, 0) is 16.1 Å². The Labute approximate surface area is 107 Å². The van der Waals surface area contributed by atoms with E-state index in [0.29, 0.717) is 13.0 Å². The molecule has 2 rings (SSSR count). The van der Waals surface area contributed by atoms with Gasteiger partial charge in [0.2, 0.25) is 11.8 Å². The zero-order valence-corrected chi connectivity index (χ0v) is 10.8. The summed E-state index contributed by atoms with van der Waals surface area (Å²) in [6.45, 7) is 4.58. The van der Waals surface area contributed by atoms with E-state index < -0.39 is 0 Å². The van der Waals surface area contributed by atoms with Gasteiger partial charge < -0.3 is 10.2 Å². The maximum atomic E-state index is 12.1. The SMILES string of the molecule is CCC1NC(=O)CN(Cc2ccc(C)cc2)C1=O. The first-order valence-electron chi connectivity index (χ1n) is 6.24. The fraction of sp³-hybridized carbons (Fsp3) is 0.429. The normalized spacial score (nSPS) is 19.9. The van der Waals surface area contributed by atoms with Gasteiger partial charge in [-0.3, -0.25) is 9.59 Å². The third kappa shape index (κ3) is 2.70. The van der Waals surface area contributed by atoms with Crippen LogP contribution in [0.25, 0.3) is 0 Å². The molecule has 1 atom stereocenters. The standard InChI is InChI=1S/C14H18N2O2/c1-3-12-14(18)16(9-13(17)15-12)8-11-6-4-10(2)5-7-11/h4-7,12H,3,8-9H2,1-2H3,(H,15,17). The van der Waals surface area contributed by atoms with Gasteiger partial charge in [0, 0.05) is 6.54 Å². The number of hydrogen-bond donors (Lipinski definition) is 1. The summed E-state index contributed by atoms with van der Waals surface area (Å²) in [5, 5.41) is 2.71. The second kappa shape index (κ2) is 5.21. The Morgan fingerprint density at radius 3 is 2.56 bits per heavy atom. The first-order valence-corrected chi connectivity index (χ1v) is 6.24. The van der Waals surface area contributed by atoms with Crippen LogP contribution >= 0.6 is 0 Å². The highest BCUT2D eigenvalue weighted by Gasteiger charge is 2.31. The van der Waals surface area contributed by atoms with Crippen molar-refractivity contribution in [3.8, 4) is 0 Å². The number of hydrogen-bond acceptors (Lipinski definition) is 2. The monoisotopic (exact) mass is 246 g/mol. The Kier molecular flexibility index (Phi) is 3.65. The lowest BCUT2D eigenvalue weighted by Crippen LogP contribution is -2.57. The molecule has 96 valence electrons. The number of nitrogens with zero attached hydrogens (tertiary/aromatic N) is 1. The minimum absolute atomic E-state index is 0.0117. The predicted octanol–water partition coefficient (Wildman–Crippen LogP) is 1.23. The van der Waals surface area contributed by atoms with Crippen molar-refractivity contribution in [1.82, 2.24) is 10.2 Å². The number of benzene rings is 1. The van der Waals surface area contributed by atoms with Crippen molar-refractivity contribution >= 4 is 11.8 Å². The zero-order valence-electron chi connectivity index (χ0n) is 10.8. The maximum Gasteiger partial charge on any atom is 0.245 e. The molecule has 1 aromatic carbocycles. The Bertz CT molecular complexity index is 453. The van der Waals surface area contributed by atoms with Crippen molar-refractivity contribution in [1.29, 1.82) is 0 Å². The van der Waals surface area contributed by atoms with Crippen LogP contribution < -0.4 is 5.32 Å². The minimum atomic E-state index is -0.364. The van der Waals surface area contributed by atoms with E-state index in [-0.39, 0.29) is 24.4 Å². The molecule has 1 unspecified atom stereocenters. The van der Waals surface area contributed by atoms with Gasteiger partial charge in [-0.25, -0.2) is 0 Å². The summed E-state index contributed by atoms with van der Waals surface area (Å²) in [5.74, 6) is -0.0637. The highest BCUT2D eigenvalue weighted by Crippen LogP contribution is 2.11. The molecule has 4 heteroatoms. The summed E-state index contributed by atoms with van der Waals surface area (Å²) in [4.78, 5) is 25.2.